The Morgan fingerprint density at radius 1 is 1.04 bits per heavy atom. The predicted octanol–water partition coefficient (Wildman–Crippen LogP) is 5.06. The lowest BCUT2D eigenvalue weighted by Gasteiger charge is -2.09. The molecule has 4 aromatic rings. The number of nitrogens with zero attached hydrogens (tertiary/aromatic N) is 1. The SMILES string of the molecule is O=C(Nc1ccc2sccc2c1)c1cccn1Cc1cccs1. The first-order valence-electron chi connectivity index (χ1n) is 7.26. The number of aromatic nitrogens is 1. The van der Waals surface area contributed by atoms with Gasteiger partial charge in [0.15, 0.2) is 0 Å². The summed E-state index contributed by atoms with van der Waals surface area (Å²) in [5.74, 6) is -0.0823. The van der Waals surface area contributed by atoms with Gasteiger partial charge in [0.2, 0.25) is 0 Å². The van der Waals surface area contributed by atoms with Crippen molar-refractivity contribution in [3.63, 3.8) is 0 Å². The minimum Gasteiger partial charge on any atom is -0.338 e. The molecule has 5 heteroatoms. The van der Waals surface area contributed by atoms with Crippen LogP contribution in [0.25, 0.3) is 10.1 Å². The second-order valence-corrected chi connectivity index (χ2v) is 7.21. The van der Waals surface area contributed by atoms with Crippen LogP contribution < -0.4 is 5.32 Å². The lowest BCUT2D eigenvalue weighted by atomic mass is 10.2. The van der Waals surface area contributed by atoms with Gasteiger partial charge >= 0.3 is 0 Å². The summed E-state index contributed by atoms with van der Waals surface area (Å²) in [6.07, 6.45) is 1.94. The van der Waals surface area contributed by atoms with Crippen molar-refractivity contribution in [3.8, 4) is 0 Å². The zero-order valence-electron chi connectivity index (χ0n) is 12.2. The molecular formula is C18H14N2OS2. The van der Waals surface area contributed by atoms with Crippen molar-refractivity contribution >= 4 is 44.4 Å². The van der Waals surface area contributed by atoms with Gasteiger partial charge in [-0.15, -0.1) is 22.7 Å². The Hall–Kier alpha value is -2.37. The first-order chi connectivity index (χ1) is 11.3. The monoisotopic (exact) mass is 338 g/mol. The topological polar surface area (TPSA) is 34.0 Å². The van der Waals surface area contributed by atoms with Gasteiger partial charge in [-0.25, -0.2) is 0 Å². The van der Waals surface area contributed by atoms with E-state index in [9.17, 15) is 4.79 Å². The second-order valence-electron chi connectivity index (χ2n) is 5.23. The van der Waals surface area contributed by atoms with Gasteiger partial charge in [0, 0.05) is 21.5 Å². The van der Waals surface area contributed by atoms with Crippen molar-refractivity contribution in [1.82, 2.24) is 4.57 Å². The second kappa shape index (κ2) is 6.02. The molecule has 0 saturated carbocycles. The van der Waals surface area contributed by atoms with Crippen molar-refractivity contribution in [2.75, 3.05) is 5.32 Å². The summed E-state index contributed by atoms with van der Waals surface area (Å²) in [4.78, 5) is 13.8. The van der Waals surface area contributed by atoms with E-state index in [2.05, 4.69) is 28.2 Å². The fourth-order valence-electron chi connectivity index (χ4n) is 2.57. The molecule has 0 radical (unpaired) electrons. The first kappa shape index (κ1) is 14.2. The van der Waals surface area contributed by atoms with E-state index in [0.717, 1.165) is 17.6 Å². The van der Waals surface area contributed by atoms with Crippen LogP contribution in [-0.4, -0.2) is 10.5 Å². The van der Waals surface area contributed by atoms with Crippen LogP contribution in [0.1, 0.15) is 15.4 Å². The maximum Gasteiger partial charge on any atom is 0.272 e. The predicted molar refractivity (Wildman–Crippen MR) is 97.6 cm³/mol. The molecule has 0 atom stereocenters. The van der Waals surface area contributed by atoms with Crippen molar-refractivity contribution < 1.29 is 4.79 Å². The molecule has 1 amide bonds. The van der Waals surface area contributed by atoms with Gasteiger partial charge in [0.25, 0.3) is 5.91 Å². The largest absolute Gasteiger partial charge is 0.338 e. The molecule has 3 heterocycles. The van der Waals surface area contributed by atoms with Gasteiger partial charge in [0.05, 0.1) is 6.54 Å². The number of nitrogens with one attached hydrogen (secondary N) is 1. The number of benzene rings is 1. The number of hydrogen-bond acceptors (Lipinski definition) is 3. The Bertz CT molecular complexity index is 950. The zero-order chi connectivity index (χ0) is 15.6. The normalized spacial score (nSPS) is 11.0. The summed E-state index contributed by atoms with van der Waals surface area (Å²) < 4.78 is 3.20. The highest BCUT2D eigenvalue weighted by atomic mass is 32.1. The average molecular weight is 338 g/mol. The summed E-state index contributed by atoms with van der Waals surface area (Å²) >= 11 is 3.40. The molecule has 3 aromatic heterocycles. The molecule has 4 rings (SSSR count). The van der Waals surface area contributed by atoms with Crippen LogP contribution in [0.5, 0.6) is 0 Å². The Balaban J connectivity index is 1.56. The smallest absolute Gasteiger partial charge is 0.272 e. The summed E-state index contributed by atoms with van der Waals surface area (Å²) in [7, 11) is 0. The third kappa shape index (κ3) is 2.93. The van der Waals surface area contributed by atoms with E-state index < -0.39 is 0 Å². The van der Waals surface area contributed by atoms with Crippen molar-refractivity contribution in [2.45, 2.75) is 6.54 Å². The fraction of sp³-hybridized carbons (Fsp3) is 0.0556. The van der Waals surface area contributed by atoms with Gasteiger partial charge in [-0.05, 0) is 58.6 Å². The van der Waals surface area contributed by atoms with E-state index >= 15 is 0 Å². The first-order valence-corrected chi connectivity index (χ1v) is 9.02. The third-order valence-electron chi connectivity index (χ3n) is 3.68. The molecular weight excluding hydrogens is 324 g/mol. The van der Waals surface area contributed by atoms with Gasteiger partial charge < -0.3 is 9.88 Å². The van der Waals surface area contributed by atoms with Gasteiger partial charge in [-0.3, -0.25) is 4.79 Å². The van der Waals surface area contributed by atoms with E-state index in [-0.39, 0.29) is 5.91 Å². The van der Waals surface area contributed by atoms with Crippen molar-refractivity contribution in [1.29, 1.82) is 0 Å². The number of rotatable bonds is 4. The molecule has 0 aliphatic rings. The minimum absolute atomic E-state index is 0.0823. The quantitative estimate of drug-likeness (QED) is 0.554. The molecule has 0 saturated heterocycles. The highest BCUT2D eigenvalue weighted by Crippen LogP contribution is 2.24. The van der Waals surface area contributed by atoms with Gasteiger partial charge in [-0.1, -0.05) is 6.07 Å². The van der Waals surface area contributed by atoms with E-state index in [4.69, 9.17) is 0 Å². The maximum atomic E-state index is 12.6. The molecule has 1 aromatic carbocycles. The van der Waals surface area contributed by atoms with Crippen LogP contribution in [0.2, 0.25) is 0 Å². The van der Waals surface area contributed by atoms with Gasteiger partial charge in [0.1, 0.15) is 5.69 Å². The van der Waals surface area contributed by atoms with Crippen LogP contribution in [-0.2, 0) is 6.54 Å². The van der Waals surface area contributed by atoms with Crippen molar-refractivity contribution in [3.05, 3.63) is 76.1 Å². The molecule has 1 N–H and O–H groups in total. The average Bonchev–Trinajstić information content (AvgIpc) is 3.28. The number of anilines is 1. The number of carbonyl (C=O) groups is 1. The summed E-state index contributed by atoms with van der Waals surface area (Å²) in [6.45, 7) is 0.719. The van der Waals surface area contributed by atoms with Crippen LogP contribution in [0.15, 0.2) is 65.5 Å². The third-order valence-corrected chi connectivity index (χ3v) is 5.44. The summed E-state index contributed by atoms with van der Waals surface area (Å²) in [5, 5.41) is 8.26. The van der Waals surface area contributed by atoms with Gasteiger partial charge in [-0.2, -0.15) is 0 Å². The number of amides is 1. The molecule has 0 aliphatic carbocycles. The highest BCUT2D eigenvalue weighted by Gasteiger charge is 2.12. The molecule has 23 heavy (non-hydrogen) atoms. The fourth-order valence-corrected chi connectivity index (χ4v) is 4.04. The highest BCUT2D eigenvalue weighted by molar-refractivity contribution is 7.17. The number of fused-ring (bicyclic) bond motifs is 1. The molecule has 0 fully saturated rings. The maximum absolute atomic E-state index is 12.6. The Kier molecular flexibility index (Phi) is 3.73. The van der Waals surface area contributed by atoms with Crippen molar-refractivity contribution in [2.24, 2.45) is 0 Å². The number of thiophene rings is 2. The van der Waals surface area contributed by atoms with E-state index in [1.165, 1.54) is 9.58 Å². The van der Waals surface area contributed by atoms with Crippen LogP contribution in [0.4, 0.5) is 5.69 Å². The van der Waals surface area contributed by atoms with E-state index in [0.29, 0.717) is 5.69 Å². The number of hydrogen-bond donors (Lipinski definition) is 1. The van der Waals surface area contributed by atoms with Crippen LogP contribution in [0, 0.1) is 0 Å². The van der Waals surface area contributed by atoms with E-state index in [1.54, 1.807) is 22.7 Å². The Morgan fingerprint density at radius 2 is 2.00 bits per heavy atom. The Labute approximate surface area is 141 Å². The Morgan fingerprint density at radius 3 is 2.87 bits per heavy atom. The lowest BCUT2D eigenvalue weighted by Crippen LogP contribution is -2.16. The zero-order valence-corrected chi connectivity index (χ0v) is 13.9. The van der Waals surface area contributed by atoms with Crippen LogP contribution >= 0.6 is 22.7 Å². The molecule has 114 valence electrons. The molecule has 0 unspecified atom stereocenters. The summed E-state index contributed by atoms with van der Waals surface area (Å²) in [5.41, 5.74) is 1.49. The van der Waals surface area contributed by atoms with E-state index in [1.807, 2.05) is 47.2 Å². The minimum atomic E-state index is -0.0823. The molecule has 3 nitrogen and oxygen atoms in total. The molecule has 0 aliphatic heterocycles. The van der Waals surface area contributed by atoms with Crippen LogP contribution in [0.3, 0.4) is 0 Å². The molecule has 0 spiro atoms. The lowest BCUT2D eigenvalue weighted by molar-refractivity contribution is 0.101. The summed E-state index contributed by atoms with van der Waals surface area (Å²) in [6, 6.07) is 15.9. The number of carbonyl (C=O) groups excluding carboxylic acids is 1. The molecule has 0 bridgehead atoms. The standard InChI is InChI=1S/C18H14N2OS2/c21-18(19-14-5-6-17-13(11-14)7-10-23-17)16-4-1-8-20(16)12-15-3-2-9-22-15/h1-11H,12H2,(H,19,21).